The highest BCUT2D eigenvalue weighted by molar-refractivity contribution is 4.97. The van der Waals surface area contributed by atoms with Crippen molar-refractivity contribution >= 4 is 0 Å². The van der Waals surface area contributed by atoms with Crippen LogP contribution in [0.3, 0.4) is 0 Å². The standard InChI is InChI=1S/C7H6N4O2/c12-7-10-6(11-13-7)4-5-8-2-1-3-9-5/h1-3H,4H2,(H,10,11,12). The van der Waals surface area contributed by atoms with E-state index in [0.717, 1.165) is 0 Å². The molecule has 2 aromatic heterocycles. The van der Waals surface area contributed by atoms with Gasteiger partial charge in [-0.3, -0.25) is 9.51 Å². The zero-order chi connectivity index (χ0) is 9.10. The maximum Gasteiger partial charge on any atom is 0.438 e. The van der Waals surface area contributed by atoms with Crippen LogP contribution in [0.15, 0.2) is 27.8 Å². The summed E-state index contributed by atoms with van der Waals surface area (Å²) < 4.78 is 4.32. The minimum absolute atomic E-state index is 0.368. The maximum absolute atomic E-state index is 10.6. The Balaban J connectivity index is 2.20. The van der Waals surface area contributed by atoms with Crippen molar-refractivity contribution in [2.24, 2.45) is 0 Å². The summed E-state index contributed by atoms with van der Waals surface area (Å²) in [6, 6.07) is 1.72. The van der Waals surface area contributed by atoms with Crippen LogP contribution in [-0.4, -0.2) is 20.1 Å². The molecular formula is C7H6N4O2. The monoisotopic (exact) mass is 178 g/mol. The molecule has 0 saturated heterocycles. The lowest BCUT2D eigenvalue weighted by Gasteiger charge is -1.91. The quantitative estimate of drug-likeness (QED) is 0.685. The second-order valence-electron chi connectivity index (χ2n) is 2.38. The van der Waals surface area contributed by atoms with Gasteiger partial charge in [0.1, 0.15) is 5.82 Å². The van der Waals surface area contributed by atoms with Crippen LogP contribution in [0.4, 0.5) is 0 Å². The minimum atomic E-state index is -0.564. The normalized spacial score (nSPS) is 10.2. The molecule has 2 aromatic rings. The predicted octanol–water partition coefficient (Wildman–Crippen LogP) is -0.256. The largest absolute Gasteiger partial charge is 0.438 e. The number of rotatable bonds is 2. The van der Waals surface area contributed by atoms with Gasteiger partial charge in [0.15, 0.2) is 5.82 Å². The van der Waals surface area contributed by atoms with E-state index in [-0.39, 0.29) is 0 Å². The lowest BCUT2D eigenvalue weighted by atomic mass is 10.4. The fourth-order valence-electron chi connectivity index (χ4n) is 0.907. The molecule has 0 atom stereocenters. The maximum atomic E-state index is 10.6. The van der Waals surface area contributed by atoms with Gasteiger partial charge in [0, 0.05) is 12.4 Å². The highest BCUT2D eigenvalue weighted by atomic mass is 16.5. The number of nitrogens with zero attached hydrogens (tertiary/aromatic N) is 3. The minimum Gasteiger partial charge on any atom is -0.296 e. The van der Waals surface area contributed by atoms with E-state index < -0.39 is 5.76 Å². The Bertz CT molecular complexity index is 433. The summed E-state index contributed by atoms with van der Waals surface area (Å²) in [5, 5.41) is 3.49. The fraction of sp³-hybridized carbons (Fsp3) is 0.143. The lowest BCUT2D eigenvalue weighted by Crippen LogP contribution is -2.00. The molecule has 13 heavy (non-hydrogen) atoms. The van der Waals surface area contributed by atoms with Crippen LogP contribution in [0.1, 0.15) is 11.6 Å². The summed E-state index contributed by atoms with van der Waals surface area (Å²) in [7, 11) is 0. The molecule has 0 aliphatic heterocycles. The lowest BCUT2D eigenvalue weighted by molar-refractivity contribution is 0.382. The number of H-pyrrole nitrogens is 1. The molecule has 0 saturated carbocycles. The first kappa shape index (κ1) is 7.66. The van der Waals surface area contributed by atoms with E-state index in [0.29, 0.717) is 18.1 Å². The average molecular weight is 178 g/mol. The molecule has 0 aliphatic rings. The highest BCUT2D eigenvalue weighted by Crippen LogP contribution is 1.95. The molecular weight excluding hydrogens is 172 g/mol. The molecule has 0 radical (unpaired) electrons. The fourth-order valence-corrected chi connectivity index (χ4v) is 0.907. The Morgan fingerprint density at radius 1 is 1.38 bits per heavy atom. The van der Waals surface area contributed by atoms with Crippen molar-refractivity contribution in [3.63, 3.8) is 0 Å². The van der Waals surface area contributed by atoms with E-state index in [1.165, 1.54) is 0 Å². The van der Waals surface area contributed by atoms with Crippen molar-refractivity contribution in [3.8, 4) is 0 Å². The smallest absolute Gasteiger partial charge is 0.296 e. The molecule has 66 valence electrons. The van der Waals surface area contributed by atoms with E-state index in [4.69, 9.17) is 0 Å². The highest BCUT2D eigenvalue weighted by Gasteiger charge is 2.02. The predicted molar refractivity (Wildman–Crippen MR) is 42.0 cm³/mol. The molecule has 0 aliphatic carbocycles. The summed E-state index contributed by atoms with van der Waals surface area (Å²) in [6.45, 7) is 0. The number of nitrogens with one attached hydrogen (secondary N) is 1. The SMILES string of the molecule is O=c1[nH]c(Cc2ncccn2)no1. The van der Waals surface area contributed by atoms with Gasteiger partial charge in [0.05, 0.1) is 6.42 Å². The van der Waals surface area contributed by atoms with Gasteiger partial charge in [-0.15, -0.1) is 0 Å². The second-order valence-corrected chi connectivity index (χ2v) is 2.38. The van der Waals surface area contributed by atoms with Crippen LogP contribution in [-0.2, 0) is 6.42 Å². The van der Waals surface area contributed by atoms with Gasteiger partial charge in [-0.2, -0.15) is 0 Å². The first-order valence-corrected chi connectivity index (χ1v) is 3.65. The van der Waals surface area contributed by atoms with Gasteiger partial charge in [0.2, 0.25) is 0 Å². The molecule has 0 unspecified atom stereocenters. The molecule has 0 bridgehead atoms. The van der Waals surface area contributed by atoms with Crippen LogP contribution in [0.5, 0.6) is 0 Å². The second kappa shape index (κ2) is 3.18. The molecule has 2 heterocycles. The molecule has 1 N–H and O–H groups in total. The summed E-state index contributed by atoms with van der Waals surface area (Å²) in [5.41, 5.74) is 0. The first-order chi connectivity index (χ1) is 6.34. The van der Waals surface area contributed by atoms with Gasteiger partial charge in [0.25, 0.3) is 0 Å². The molecule has 6 heteroatoms. The Hall–Kier alpha value is -1.98. The Morgan fingerprint density at radius 2 is 2.15 bits per heavy atom. The van der Waals surface area contributed by atoms with E-state index >= 15 is 0 Å². The average Bonchev–Trinajstić information content (AvgIpc) is 2.53. The third kappa shape index (κ3) is 1.78. The number of hydrogen-bond donors (Lipinski definition) is 1. The van der Waals surface area contributed by atoms with Gasteiger partial charge in [-0.05, 0) is 6.07 Å². The van der Waals surface area contributed by atoms with Crippen LogP contribution < -0.4 is 5.76 Å². The number of hydrogen-bond acceptors (Lipinski definition) is 5. The van der Waals surface area contributed by atoms with Crippen molar-refractivity contribution < 1.29 is 4.52 Å². The molecule has 0 aromatic carbocycles. The zero-order valence-corrected chi connectivity index (χ0v) is 6.60. The summed E-state index contributed by atoms with van der Waals surface area (Å²) >= 11 is 0. The molecule has 0 fully saturated rings. The van der Waals surface area contributed by atoms with E-state index in [1.807, 2.05) is 0 Å². The number of aromatic nitrogens is 4. The van der Waals surface area contributed by atoms with Crippen LogP contribution in [0, 0.1) is 0 Å². The van der Waals surface area contributed by atoms with Crippen molar-refractivity contribution in [1.29, 1.82) is 0 Å². The van der Waals surface area contributed by atoms with E-state index in [1.54, 1.807) is 18.5 Å². The first-order valence-electron chi connectivity index (χ1n) is 3.65. The van der Waals surface area contributed by atoms with Gasteiger partial charge < -0.3 is 0 Å². The third-order valence-electron chi connectivity index (χ3n) is 1.43. The van der Waals surface area contributed by atoms with Crippen molar-refractivity contribution in [3.05, 3.63) is 40.7 Å². The molecule has 6 nitrogen and oxygen atoms in total. The zero-order valence-electron chi connectivity index (χ0n) is 6.60. The van der Waals surface area contributed by atoms with Gasteiger partial charge >= 0.3 is 5.76 Å². The Morgan fingerprint density at radius 3 is 2.77 bits per heavy atom. The summed E-state index contributed by atoms with van der Waals surface area (Å²) in [6.07, 6.45) is 3.62. The number of aromatic amines is 1. The Labute approximate surface area is 72.6 Å². The molecule has 0 amide bonds. The van der Waals surface area contributed by atoms with Crippen LogP contribution >= 0.6 is 0 Å². The summed E-state index contributed by atoms with van der Waals surface area (Å²) in [5.74, 6) is 0.453. The van der Waals surface area contributed by atoms with Crippen molar-refractivity contribution in [2.75, 3.05) is 0 Å². The Kier molecular flexibility index (Phi) is 1.87. The van der Waals surface area contributed by atoms with Crippen LogP contribution in [0.25, 0.3) is 0 Å². The third-order valence-corrected chi connectivity index (χ3v) is 1.43. The van der Waals surface area contributed by atoms with Crippen LogP contribution in [0.2, 0.25) is 0 Å². The van der Waals surface area contributed by atoms with Crippen molar-refractivity contribution in [2.45, 2.75) is 6.42 Å². The van der Waals surface area contributed by atoms with Gasteiger partial charge in [-0.25, -0.2) is 14.8 Å². The van der Waals surface area contributed by atoms with Crippen molar-refractivity contribution in [1.82, 2.24) is 20.1 Å². The van der Waals surface area contributed by atoms with Gasteiger partial charge in [-0.1, -0.05) is 5.16 Å². The van der Waals surface area contributed by atoms with E-state index in [9.17, 15) is 4.79 Å². The summed E-state index contributed by atoms with van der Waals surface area (Å²) in [4.78, 5) is 20.9. The molecule has 2 rings (SSSR count). The molecule has 0 spiro atoms. The van der Waals surface area contributed by atoms with E-state index in [2.05, 4.69) is 24.6 Å². The topological polar surface area (TPSA) is 84.7 Å².